The van der Waals surface area contributed by atoms with Crippen molar-refractivity contribution in [3.63, 3.8) is 0 Å². The number of hydrogen-bond donors (Lipinski definition) is 2. The summed E-state index contributed by atoms with van der Waals surface area (Å²) in [5.41, 5.74) is 7.22. The zero-order valence-corrected chi connectivity index (χ0v) is 15.2. The van der Waals surface area contributed by atoms with Gasteiger partial charge in [-0.15, -0.1) is 0 Å². The molecular weight excluding hydrogens is 340 g/mol. The van der Waals surface area contributed by atoms with E-state index in [2.05, 4.69) is 15.3 Å². The van der Waals surface area contributed by atoms with Crippen LogP contribution in [-0.2, 0) is 0 Å². The Labute approximate surface area is 159 Å². The van der Waals surface area contributed by atoms with Crippen LogP contribution in [0, 0.1) is 11.5 Å². The topological polar surface area (TPSA) is 107 Å². The van der Waals surface area contributed by atoms with Crippen molar-refractivity contribution in [1.82, 2.24) is 10.3 Å². The number of guanidine groups is 1. The van der Waals surface area contributed by atoms with Crippen LogP contribution in [0.25, 0.3) is 0 Å². The monoisotopic (exact) mass is 364 g/mol. The first-order valence-electron chi connectivity index (χ1n) is 8.95. The zero-order chi connectivity index (χ0) is 19.3. The van der Waals surface area contributed by atoms with Crippen LogP contribution in [0.3, 0.4) is 0 Å². The maximum atomic E-state index is 11.9. The van der Waals surface area contributed by atoms with Crippen LogP contribution in [-0.4, -0.2) is 29.9 Å². The van der Waals surface area contributed by atoms with Gasteiger partial charge in [-0.05, 0) is 37.1 Å². The molecule has 0 radical (unpaired) electrons. The quantitative estimate of drug-likeness (QED) is 0.234. The summed E-state index contributed by atoms with van der Waals surface area (Å²) in [6, 6.07) is 12.6. The molecule has 2 aromatic rings. The number of anilines is 1. The van der Waals surface area contributed by atoms with Gasteiger partial charge in [0.05, 0.1) is 5.69 Å². The van der Waals surface area contributed by atoms with Gasteiger partial charge in [-0.1, -0.05) is 31.0 Å². The van der Waals surface area contributed by atoms with Crippen molar-refractivity contribution in [2.45, 2.75) is 25.7 Å². The van der Waals surface area contributed by atoms with Crippen molar-refractivity contribution >= 4 is 17.6 Å². The van der Waals surface area contributed by atoms with Gasteiger partial charge in [0.2, 0.25) is 5.96 Å². The lowest BCUT2D eigenvalue weighted by atomic mass is 10.2. The van der Waals surface area contributed by atoms with E-state index in [0.29, 0.717) is 24.3 Å². The van der Waals surface area contributed by atoms with Crippen LogP contribution >= 0.6 is 0 Å². The lowest BCUT2D eigenvalue weighted by molar-refractivity contribution is 0.0953. The fourth-order valence-electron chi connectivity index (χ4n) is 2.48. The Bertz CT molecular complexity index is 770. The molecule has 0 aliphatic carbocycles. The van der Waals surface area contributed by atoms with E-state index < -0.39 is 0 Å². The molecule has 3 N–H and O–H groups in total. The van der Waals surface area contributed by atoms with Crippen LogP contribution in [0.2, 0.25) is 0 Å². The smallest absolute Gasteiger partial charge is 0.251 e. The maximum absolute atomic E-state index is 11.9. The van der Waals surface area contributed by atoms with Gasteiger partial charge >= 0.3 is 0 Å². The third kappa shape index (κ3) is 6.78. The van der Waals surface area contributed by atoms with Gasteiger partial charge in [0, 0.05) is 31.0 Å². The highest BCUT2D eigenvalue weighted by atomic mass is 16.1. The molecule has 0 aliphatic heterocycles. The van der Waals surface area contributed by atoms with Gasteiger partial charge in [0.1, 0.15) is 0 Å². The Balaban J connectivity index is 1.60. The average Bonchev–Trinajstić information content (AvgIpc) is 2.72. The van der Waals surface area contributed by atoms with Gasteiger partial charge in [-0.2, -0.15) is 5.26 Å². The molecule has 27 heavy (non-hydrogen) atoms. The minimum atomic E-state index is -0.0410. The van der Waals surface area contributed by atoms with E-state index in [1.807, 2.05) is 24.4 Å². The summed E-state index contributed by atoms with van der Waals surface area (Å²) in [6.45, 7) is 1.22. The van der Waals surface area contributed by atoms with Crippen molar-refractivity contribution < 1.29 is 4.79 Å². The second-order valence-electron chi connectivity index (χ2n) is 5.92. The molecule has 0 spiro atoms. The standard InChI is InChI=1S/C20H24N6O/c21-16-26(18-10-14-23-15-11-18)20(22)25-13-7-2-1-6-12-24-19(27)17-8-4-3-5-9-17/h3-5,8-11,14-15H,1-2,6-7,12-13H2,(H2,22,25)(H,24,27). The van der Waals surface area contributed by atoms with Crippen LogP contribution in [0.15, 0.2) is 59.9 Å². The fourth-order valence-corrected chi connectivity index (χ4v) is 2.48. The van der Waals surface area contributed by atoms with Crippen LogP contribution in [0.4, 0.5) is 5.69 Å². The van der Waals surface area contributed by atoms with Gasteiger partial charge < -0.3 is 11.1 Å². The number of nitriles is 1. The molecule has 0 saturated heterocycles. The highest BCUT2D eigenvalue weighted by molar-refractivity contribution is 5.97. The molecule has 140 valence electrons. The largest absolute Gasteiger partial charge is 0.369 e. The number of nitrogens with zero attached hydrogens (tertiary/aromatic N) is 4. The predicted molar refractivity (Wildman–Crippen MR) is 106 cm³/mol. The summed E-state index contributed by atoms with van der Waals surface area (Å²) in [5.74, 6) is 0.138. The average molecular weight is 364 g/mol. The molecule has 7 heteroatoms. The van der Waals surface area contributed by atoms with E-state index >= 15 is 0 Å². The van der Waals surface area contributed by atoms with Crippen molar-refractivity contribution in [3.8, 4) is 6.19 Å². The second kappa shape index (κ2) is 11.3. The third-order valence-corrected chi connectivity index (χ3v) is 3.93. The zero-order valence-electron chi connectivity index (χ0n) is 15.2. The minimum absolute atomic E-state index is 0.0410. The number of benzene rings is 1. The van der Waals surface area contributed by atoms with Crippen molar-refractivity contribution in [1.29, 1.82) is 5.26 Å². The molecule has 0 unspecified atom stereocenters. The molecule has 1 amide bonds. The summed E-state index contributed by atoms with van der Waals surface area (Å²) in [6.07, 6.45) is 9.00. The van der Waals surface area contributed by atoms with Crippen LogP contribution in [0.1, 0.15) is 36.0 Å². The van der Waals surface area contributed by atoms with Crippen LogP contribution < -0.4 is 16.0 Å². The lowest BCUT2D eigenvalue weighted by Gasteiger charge is -2.13. The number of pyridine rings is 1. The van der Waals surface area contributed by atoms with Gasteiger partial charge in [0.15, 0.2) is 6.19 Å². The van der Waals surface area contributed by atoms with Crippen LogP contribution in [0.5, 0.6) is 0 Å². The van der Waals surface area contributed by atoms with Gasteiger partial charge in [0.25, 0.3) is 5.91 Å². The second-order valence-corrected chi connectivity index (χ2v) is 5.92. The summed E-state index contributed by atoms with van der Waals surface area (Å²) in [5, 5.41) is 12.2. The number of rotatable bonds is 9. The summed E-state index contributed by atoms with van der Waals surface area (Å²) >= 11 is 0. The molecular formula is C20H24N6O. The lowest BCUT2D eigenvalue weighted by Crippen LogP contribution is -2.33. The highest BCUT2D eigenvalue weighted by Gasteiger charge is 2.09. The molecule has 0 atom stereocenters. The molecule has 0 aliphatic rings. The SMILES string of the molecule is N#CN(C(N)=NCCCCCCNC(=O)c1ccccc1)c1ccncc1. The molecule has 1 heterocycles. The number of aliphatic imine (C=N–C) groups is 1. The summed E-state index contributed by atoms with van der Waals surface area (Å²) in [7, 11) is 0. The van der Waals surface area contributed by atoms with Crippen molar-refractivity contribution in [2.24, 2.45) is 10.7 Å². The first-order valence-corrected chi connectivity index (χ1v) is 8.95. The number of unbranched alkanes of at least 4 members (excludes halogenated alkanes) is 3. The van der Waals surface area contributed by atoms with E-state index in [-0.39, 0.29) is 11.9 Å². The highest BCUT2D eigenvalue weighted by Crippen LogP contribution is 2.10. The number of carbonyl (C=O) groups excluding carboxylic acids is 1. The Morgan fingerprint density at radius 1 is 1.11 bits per heavy atom. The maximum Gasteiger partial charge on any atom is 0.251 e. The van der Waals surface area contributed by atoms with E-state index in [9.17, 15) is 10.1 Å². The molecule has 0 fully saturated rings. The number of carbonyl (C=O) groups is 1. The normalized spacial score (nSPS) is 10.9. The predicted octanol–water partition coefficient (Wildman–Crippen LogP) is 2.67. The Morgan fingerprint density at radius 3 is 2.52 bits per heavy atom. The fraction of sp³-hybridized carbons (Fsp3) is 0.300. The molecule has 1 aromatic carbocycles. The summed E-state index contributed by atoms with van der Waals surface area (Å²) in [4.78, 5) is 21.3. The number of aromatic nitrogens is 1. The van der Waals surface area contributed by atoms with E-state index in [1.54, 1.807) is 36.7 Å². The van der Waals surface area contributed by atoms with Crippen molar-refractivity contribution in [2.75, 3.05) is 18.0 Å². The molecule has 7 nitrogen and oxygen atoms in total. The number of amides is 1. The third-order valence-electron chi connectivity index (χ3n) is 3.93. The molecule has 2 rings (SSSR count). The van der Waals surface area contributed by atoms with Gasteiger partial charge in [-0.3, -0.25) is 14.8 Å². The molecule has 0 bridgehead atoms. The Hall–Kier alpha value is -3.40. The summed E-state index contributed by atoms with van der Waals surface area (Å²) < 4.78 is 0. The van der Waals surface area contributed by atoms with E-state index in [1.165, 1.54) is 4.90 Å². The number of nitrogens with two attached hydrogens (primary N) is 1. The number of nitrogens with one attached hydrogen (secondary N) is 1. The minimum Gasteiger partial charge on any atom is -0.369 e. The number of hydrogen-bond acceptors (Lipinski definition) is 4. The Kier molecular flexibility index (Phi) is 8.31. The van der Waals surface area contributed by atoms with E-state index in [0.717, 1.165) is 25.7 Å². The first kappa shape index (κ1) is 19.9. The van der Waals surface area contributed by atoms with Crippen molar-refractivity contribution in [3.05, 3.63) is 60.4 Å². The van der Waals surface area contributed by atoms with E-state index in [4.69, 9.17) is 5.73 Å². The Morgan fingerprint density at radius 2 is 1.81 bits per heavy atom. The molecule has 1 aromatic heterocycles. The first-order chi connectivity index (χ1) is 13.2. The van der Waals surface area contributed by atoms with Gasteiger partial charge in [-0.25, -0.2) is 4.90 Å². The molecule has 0 saturated carbocycles.